The molecule has 0 amide bonds. The number of aromatic nitrogens is 2. The number of sulfonamides is 1. The number of imidazole rings is 1. The van der Waals surface area contributed by atoms with Gasteiger partial charge < -0.3 is 4.57 Å². The zero-order valence-electron chi connectivity index (χ0n) is 15.1. The van der Waals surface area contributed by atoms with Crippen molar-refractivity contribution in [3.63, 3.8) is 0 Å². The minimum absolute atomic E-state index is 0.279. The van der Waals surface area contributed by atoms with Gasteiger partial charge in [0.2, 0.25) is 10.0 Å². The van der Waals surface area contributed by atoms with Crippen molar-refractivity contribution < 1.29 is 12.8 Å². The van der Waals surface area contributed by atoms with Crippen molar-refractivity contribution >= 4 is 26.7 Å². The van der Waals surface area contributed by atoms with Gasteiger partial charge in [0, 0.05) is 17.8 Å². The fraction of sp³-hybridized carbons (Fsp3) is 0.0952. The van der Waals surface area contributed by atoms with Crippen LogP contribution in [-0.2, 0) is 16.6 Å². The van der Waals surface area contributed by atoms with E-state index in [1.165, 1.54) is 12.1 Å². The van der Waals surface area contributed by atoms with Crippen molar-refractivity contribution in [1.29, 1.82) is 0 Å². The molecule has 0 bridgehead atoms. The third-order valence-corrected chi connectivity index (χ3v) is 4.94. The molecule has 1 heterocycles. The molecule has 0 radical (unpaired) electrons. The maximum atomic E-state index is 13.3. The first-order valence-corrected chi connectivity index (χ1v) is 10.6. The lowest BCUT2D eigenvalue weighted by Gasteiger charge is -2.11. The van der Waals surface area contributed by atoms with Crippen LogP contribution in [0.2, 0.25) is 0 Å². The van der Waals surface area contributed by atoms with Gasteiger partial charge in [-0.3, -0.25) is 4.72 Å². The Hall–Kier alpha value is -3.19. The maximum absolute atomic E-state index is 13.3. The quantitative estimate of drug-likeness (QED) is 0.549. The Morgan fingerprint density at radius 3 is 2.50 bits per heavy atom. The van der Waals surface area contributed by atoms with Crippen molar-refractivity contribution in [3.05, 3.63) is 84.2 Å². The lowest BCUT2D eigenvalue weighted by atomic mass is 10.1. The van der Waals surface area contributed by atoms with Crippen LogP contribution in [0, 0.1) is 5.82 Å². The van der Waals surface area contributed by atoms with E-state index in [1.807, 2.05) is 34.9 Å². The molecule has 0 aliphatic rings. The predicted octanol–water partition coefficient (Wildman–Crippen LogP) is 4.26. The molecule has 4 aromatic rings. The molecule has 0 aliphatic carbocycles. The molecular formula is C21H18FN3O2S. The van der Waals surface area contributed by atoms with Crippen LogP contribution in [-0.4, -0.2) is 24.2 Å². The van der Waals surface area contributed by atoms with Crippen molar-refractivity contribution in [2.24, 2.45) is 0 Å². The van der Waals surface area contributed by atoms with Gasteiger partial charge in [-0.05, 0) is 42.0 Å². The first-order valence-electron chi connectivity index (χ1n) is 8.67. The maximum Gasteiger partial charge on any atom is 0.229 e. The van der Waals surface area contributed by atoms with Crippen LogP contribution in [0.4, 0.5) is 10.1 Å². The van der Waals surface area contributed by atoms with Crippen LogP contribution < -0.4 is 4.72 Å². The monoisotopic (exact) mass is 395 g/mol. The second kappa shape index (κ2) is 7.09. The Labute approximate surface area is 162 Å². The SMILES string of the molecule is CS(=O)(=O)Nc1cccc(-c2nc3ccccc3n2Cc2ccc(F)cc2)c1. The Bertz CT molecular complexity index is 1250. The Kier molecular flexibility index (Phi) is 4.60. The summed E-state index contributed by atoms with van der Waals surface area (Å²) in [6.45, 7) is 0.514. The third-order valence-electron chi connectivity index (χ3n) is 4.33. The van der Waals surface area contributed by atoms with Gasteiger partial charge in [0.1, 0.15) is 11.6 Å². The summed E-state index contributed by atoms with van der Waals surface area (Å²) >= 11 is 0. The Morgan fingerprint density at radius 2 is 1.75 bits per heavy atom. The number of anilines is 1. The summed E-state index contributed by atoms with van der Waals surface area (Å²) < 4.78 is 40.9. The normalized spacial score (nSPS) is 11.6. The Morgan fingerprint density at radius 1 is 1.00 bits per heavy atom. The fourth-order valence-electron chi connectivity index (χ4n) is 3.16. The fourth-order valence-corrected chi connectivity index (χ4v) is 3.72. The lowest BCUT2D eigenvalue weighted by Crippen LogP contribution is -2.09. The number of halogens is 1. The zero-order valence-corrected chi connectivity index (χ0v) is 15.9. The molecule has 0 saturated carbocycles. The van der Waals surface area contributed by atoms with Crippen LogP contribution in [0.25, 0.3) is 22.4 Å². The summed E-state index contributed by atoms with van der Waals surface area (Å²) in [6, 6.07) is 21.2. The molecule has 0 spiro atoms. The van der Waals surface area contributed by atoms with Crippen molar-refractivity contribution in [1.82, 2.24) is 9.55 Å². The number of benzene rings is 3. The lowest BCUT2D eigenvalue weighted by molar-refractivity contribution is 0.607. The van der Waals surface area contributed by atoms with E-state index in [-0.39, 0.29) is 5.82 Å². The second-order valence-electron chi connectivity index (χ2n) is 6.59. The van der Waals surface area contributed by atoms with E-state index in [1.54, 1.807) is 30.3 Å². The minimum Gasteiger partial charge on any atom is -0.319 e. The molecule has 0 unspecified atom stereocenters. The van der Waals surface area contributed by atoms with E-state index in [0.717, 1.165) is 28.4 Å². The number of nitrogens with zero attached hydrogens (tertiary/aromatic N) is 2. The number of hydrogen-bond acceptors (Lipinski definition) is 3. The number of rotatable bonds is 5. The molecule has 0 saturated heterocycles. The van der Waals surface area contributed by atoms with Gasteiger partial charge in [-0.25, -0.2) is 17.8 Å². The molecule has 4 rings (SSSR count). The largest absolute Gasteiger partial charge is 0.319 e. The van der Waals surface area contributed by atoms with Crippen molar-refractivity contribution in [2.75, 3.05) is 11.0 Å². The van der Waals surface area contributed by atoms with Gasteiger partial charge in [0.25, 0.3) is 0 Å². The highest BCUT2D eigenvalue weighted by Crippen LogP contribution is 2.28. The van der Waals surface area contributed by atoms with Gasteiger partial charge >= 0.3 is 0 Å². The highest BCUT2D eigenvalue weighted by Gasteiger charge is 2.14. The van der Waals surface area contributed by atoms with Crippen LogP contribution in [0.1, 0.15) is 5.56 Å². The van der Waals surface area contributed by atoms with Crippen LogP contribution in [0.5, 0.6) is 0 Å². The number of hydrogen-bond donors (Lipinski definition) is 1. The smallest absolute Gasteiger partial charge is 0.229 e. The summed E-state index contributed by atoms with van der Waals surface area (Å²) in [5.74, 6) is 0.432. The van der Waals surface area contributed by atoms with Crippen LogP contribution in [0.3, 0.4) is 0 Å². The Balaban J connectivity index is 1.83. The van der Waals surface area contributed by atoms with Gasteiger partial charge in [0.05, 0.1) is 17.3 Å². The molecule has 0 atom stereocenters. The van der Waals surface area contributed by atoms with Crippen molar-refractivity contribution in [3.8, 4) is 11.4 Å². The van der Waals surface area contributed by atoms with E-state index >= 15 is 0 Å². The standard InChI is InChI=1S/C21H18FN3O2S/c1-28(26,27)24-18-6-4-5-16(13-18)21-23-19-7-2-3-8-20(19)25(21)14-15-9-11-17(22)12-10-15/h2-13,24H,14H2,1H3. The molecule has 3 aromatic carbocycles. The first-order chi connectivity index (χ1) is 13.4. The first kappa shape index (κ1) is 18.2. The molecular weight excluding hydrogens is 377 g/mol. The molecule has 0 fully saturated rings. The minimum atomic E-state index is -3.38. The van der Waals surface area contributed by atoms with Gasteiger partial charge in [0.15, 0.2) is 0 Å². The molecule has 1 N–H and O–H groups in total. The second-order valence-corrected chi connectivity index (χ2v) is 8.34. The molecule has 7 heteroatoms. The van der Waals surface area contributed by atoms with E-state index in [2.05, 4.69) is 4.72 Å². The highest BCUT2D eigenvalue weighted by atomic mass is 32.2. The molecule has 0 aliphatic heterocycles. The zero-order chi connectivity index (χ0) is 19.7. The van der Waals surface area contributed by atoms with Crippen LogP contribution in [0.15, 0.2) is 72.8 Å². The van der Waals surface area contributed by atoms with Crippen molar-refractivity contribution in [2.45, 2.75) is 6.54 Å². The number of nitrogens with one attached hydrogen (secondary N) is 1. The van der Waals surface area contributed by atoms with Crippen LogP contribution >= 0.6 is 0 Å². The highest BCUT2D eigenvalue weighted by molar-refractivity contribution is 7.92. The van der Waals surface area contributed by atoms with Gasteiger partial charge in [-0.2, -0.15) is 0 Å². The number of para-hydroxylation sites is 2. The summed E-state index contributed by atoms with van der Waals surface area (Å²) in [5, 5.41) is 0. The average Bonchev–Trinajstić information content (AvgIpc) is 3.01. The van der Waals surface area contributed by atoms with Gasteiger partial charge in [-0.15, -0.1) is 0 Å². The van der Waals surface area contributed by atoms with E-state index < -0.39 is 10.0 Å². The summed E-state index contributed by atoms with van der Waals surface area (Å²) in [5.41, 5.74) is 3.98. The van der Waals surface area contributed by atoms with E-state index in [4.69, 9.17) is 4.98 Å². The van der Waals surface area contributed by atoms with E-state index in [9.17, 15) is 12.8 Å². The summed E-state index contributed by atoms with van der Waals surface area (Å²) in [7, 11) is -3.38. The molecule has 142 valence electrons. The molecule has 1 aromatic heterocycles. The van der Waals surface area contributed by atoms with E-state index in [0.29, 0.717) is 18.1 Å². The average molecular weight is 395 g/mol. The van der Waals surface area contributed by atoms with Gasteiger partial charge in [-0.1, -0.05) is 36.4 Å². The third kappa shape index (κ3) is 3.89. The molecule has 28 heavy (non-hydrogen) atoms. The summed E-state index contributed by atoms with van der Waals surface area (Å²) in [6.07, 6.45) is 1.11. The summed E-state index contributed by atoms with van der Waals surface area (Å²) in [4.78, 5) is 4.75. The predicted molar refractivity (Wildman–Crippen MR) is 109 cm³/mol. The molecule has 5 nitrogen and oxygen atoms in total. The topological polar surface area (TPSA) is 64.0 Å². The number of fused-ring (bicyclic) bond motifs is 1.